The molecule has 0 bridgehead atoms. The van der Waals surface area contributed by atoms with E-state index in [2.05, 4.69) is 12.2 Å². The Bertz CT molecular complexity index is 741. The van der Waals surface area contributed by atoms with Crippen LogP contribution in [0.3, 0.4) is 0 Å². The summed E-state index contributed by atoms with van der Waals surface area (Å²) >= 11 is 0. The van der Waals surface area contributed by atoms with Gasteiger partial charge in [0, 0.05) is 24.9 Å². The van der Waals surface area contributed by atoms with E-state index in [1.165, 1.54) is 70.6 Å². The maximum Gasteiger partial charge on any atom is 0.306 e. The number of benzene rings is 1. The molecule has 1 atom stereocenters. The first-order valence-corrected chi connectivity index (χ1v) is 14.4. The van der Waals surface area contributed by atoms with Crippen LogP contribution in [0.25, 0.3) is 0 Å². The molecule has 0 aliphatic heterocycles. The van der Waals surface area contributed by atoms with Gasteiger partial charge in [-0.05, 0) is 24.3 Å². The summed E-state index contributed by atoms with van der Waals surface area (Å²) in [7, 11) is 0. The summed E-state index contributed by atoms with van der Waals surface area (Å²) in [5.74, 6) is -1.43. The molecule has 204 valence electrons. The number of carboxylic acids is 1. The molecule has 5 heteroatoms. The average molecular weight is 502 g/mol. The van der Waals surface area contributed by atoms with Crippen LogP contribution >= 0.6 is 0 Å². The fourth-order valence-corrected chi connectivity index (χ4v) is 4.58. The van der Waals surface area contributed by atoms with Crippen LogP contribution in [0.2, 0.25) is 0 Å². The second-order valence-electron chi connectivity index (χ2n) is 10.8. The van der Waals surface area contributed by atoms with Gasteiger partial charge in [0.05, 0.1) is 5.92 Å². The number of aliphatic carboxylic acids is 1. The third-order valence-electron chi connectivity index (χ3n) is 6.81. The zero-order chi connectivity index (χ0) is 26.6. The van der Waals surface area contributed by atoms with Gasteiger partial charge in [0.15, 0.2) is 5.78 Å². The van der Waals surface area contributed by atoms with Gasteiger partial charge in [-0.15, -0.1) is 0 Å². The maximum atomic E-state index is 12.5. The van der Waals surface area contributed by atoms with E-state index in [0.717, 1.165) is 18.4 Å². The van der Waals surface area contributed by atoms with Gasteiger partial charge in [0.25, 0.3) is 0 Å². The summed E-state index contributed by atoms with van der Waals surface area (Å²) in [5.41, 5.74) is 1.45. The molecular weight excluding hydrogens is 450 g/mol. The van der Waals surface area contributed by atoms with Crippen molar-refractivity contribution in [3.8, 4) is 0 Å². The molecule has 0 saturated carbocycles. The van der Waals surface area contributed by atoms with Crippen LogP contribution in [0.1, 0.15) is 139 Å². The second kappa shape index (κ2) is 20.0. The highest BCUT2D eigenvalue weighted by atomic mass is 16.4. The van der Waals surface area contributed by atoms with Crippen LogP contribution in [-0.2, 0) is 16.1 Å². The van der Waals surface area contributed by atoms with E-state index in [4.69, 9.17) is 0 Å². The summed E-state index contributed by atoms with van der Waals surface area (Å²) in [6.45, 7) is 6.62. The number of carbonyl (C=O) groups is 3. The normalized spacial score (nSPS) is 12.0. The van der Waals surface area contributed by atoms with E-state index in [9.17, 15) is 19.5 Å². The van der Waals surface area contributed by atoms with Gasteiger partial charge in [-0.1, -0.05) is 122 Å². The molecule has 0 saturated heterocycles. The van der Waals surface area contributed by atoms with Gasteiger partial charge >= 0.3 is 5.97 Å². The highest BCUT2D eigenvalue weighted by Gasteiger charge is 2.23. The number of unbranched alkanes of at least 4 members (excludes halogenated alkanes) is 12. The van der Waals surface area contributed by atoms with Crippen molar-refractivity contribution in [3.05, 3.63) is 35.4 Å². The minimum Gasteiger partial charge on any atom is -0.481 e. The number of nitrogens with one attached hydrogen (secondary N) is 1. The van der Waals surface area contributed by atoms with Gasteiger partial charge in [0.2, 0.25) is 5.91 Å². The molecular formula is C31H51NO4. The van der Waals surface area contributed by atoms with Crippen molar-refractivity contribution in [1.29, 1.82) is 0 Å². The Morgan fingerprint density at radius 1 is 0.778 bits per heavy atom. The molecule has 0 aliphatic carbocycles. The third-order valence-corrected chi connectivity index (χ3v) is 6.81. The molecule has 0 aromatic heterocycles. The quantitative estimate of drug-likeness (QED) is 0.124. The van der Waals surface area contributed by atoms with Gasteiger partial charge in [-0.25, -0.2) is 0 Å². The summed E-state index contributed by atoms with van der Waals surface area (Å²) in [6, 6.07) is 7.11. The largest absolute Gasteiger partial charge is 0.481 e. The molecule has 1 aromatic carbocycles. The van der Waals surface area contributed by atoms with Gasteiger partial charge in [-0.3, -0.25) is 14.4 Å². The Morgan fingerprint density at radius 3 is 1.75 bits per heavy atom. The summed E-state index contributed by atoms with van der Waals surface area (Å²) < 4.78 is 0. The van der Waals surface area contributed by atoms with Crippen molar-refractivity contribution in [3.63, 3.8) is 0 Å². The van der Waals surface area contributed by atoms with Crippen LogP contribution in [0, 0.1) is 11.8 Å². The van der Waals surface area contributed by atoms with Gasteiger partial charge < -0.3 is 10.4 Å². The Hall–Kier alpha value is -2.17. The topological polar surface area (TPSA) is 83.5 Å². The van der Waals surface area contributed by atoms with Crippen LogP contribution in [0.5, 0.6) is 0 Å². The van der Waals surface area contributed by atoms with Crippen LogP contribution in [-0.4, -0.2) is 22.8 Å². The Balaban J connectivity index is 2.13. The molecule has 1 aromatic rings. The fourth-order valence-electron chi connectivity index (χ4n) is 4.58. The van der Waals surface area contributed by atoms with Crippen molar-refractivity contribution >= 4 is 17.7 Å². The lowest BCUT2D eigenvalue weighted by molar-refractivity contribution is -0.142. The van der Waals surface area contributed by atoms with Crippen molar-refractivity contribution < 1.29 is 19.5 Å². The number of rotatable bonds is 22. The SMILES string of the molecule is CCCCCCCCCCCCCCCC(=O)NCc1ccc(C(=O)C[C@@H](CC(C)C)C(=O)O)cc1. The molecule has 0 aliphatic rings. The summed E-state index contributed by atoms with van der Waals surface area (Å²) in [4.78, 5) is 36.1. The first kappa shape index (κ1) is 31.9. The molecule has 0 radical (unpaired) electrons. The lowest BCUT2D eigenvalue weighted by Gasteiger charge is -2.14. The molecule has 0 unspecified atom stereocenters. The first-order chi connectivity index (χ1) is 17.3. The van der Waals surface area contributed by atoms with Gasteiger partial charge in [0.1, 0.15) is 0 Å². The van der Waals surface area contributed by atoms with E-state index < -0.39 is 11.9 Å². The molecule has 36 heavy (non-hydrogen) atoms. The molecule has 0 spiro atoms. The zero-order valence-electron chi connectivity index (χ0n) is 23.2. The van der Waals surface area contributed by atoms with Gasteiger partial charge in [-0.2, -0.15) is 0 Å². The van der Waals surface area contributed by atoms with E-state index in [-0.39, 0.29) is 24.0 Å². The number of hydrogen-bond donors (Lipinski definition) is 2. The summed E-state index contributed by atoms with van der Waals surface area (Å²) in [5, 5.41) is 12.3. The number of ketones is 1. The maximum absolute atomic E-state index is 12.5. The van der Waals surface area contributed by atoms with E-state index in [1.54, 1.807) is 12.1 Å². The lowest BCUT2D eigenvalue weighted by Crippen LogP contribution is -2.22. The Labute approximate surface area is 219 Å². The monoisotopic (exact) mass is 501 g/mol. The van der Waals surface area contributed by atoms with E-state index in [1.807, 2.05) is 26.0 Å². The van der Waals surface area contributed by atoms with Crippen LogP contribution < -0.4 is 5.32 Å². The fraction of sp³-hybridized carbons (Fsp3) is 0.710. The van der Waals surface area contributed by atoms with Crippen molar-refractivity contribution in [1.82, 2.24) is 5.32 Å². The molecule has 1 rings (SSSR count). The number of carbonyl (C=O) groups excluding carboxylic acids is 2. The standard InChI is InChI=1S/C31H51NO4/c1-4-5-6-7-8-9-10-11-12-13-14-15-16-17-30(34)32-24-26-18-20-27(21-19-26)29(33)23-28(31(35)36)22-25(2)3/h18-21,25,28H,4-17,22-24H2,1-3H3,(H,32,34)(H,35,36)/t28-/m1/s1. The minimum atomic E-state index is -0.917. The Kier molecular flexibility index (Phi) is 17.7. The van der Waals surface area contributed by atoms with Crippen LogP contribution in [0.15, 0.2) is 24.3 Å². The molecule has 1 amide bonds. The summed E-state index contributed by atoms with van der Waals surface area (Å²) in [6.07, 6.45) is 17.9. The first-order valence-electron chi connectivity index (χ1n) is 14.4. The van der Waals surface area contributed by atoms with Crippen LogP contribution in [0.4, 0.5) is 0 Å². The highest BCUT2D eigenvalue weighted by molar-refractivity contribution is 5.98. The lowest BCUT2D eigenvalue weighted by atomic mass is 9.90. The molecule has 2 N–H and O–H groups in total. The Morgan fingerprint density at radius 2 is 1.28 bits per heavy atom. The number of amides is 1. The van der Waals surface area contributed by atoms with E-state index in [0.29, 0.717) is 24.9 Å². The molecule has 0 fully saturated rings. The number of Topliss-reactive ketones (excluding diaryl/α,β-unsaturated/α-hetero) is 1. The predicted octanol–water partition coefficient (Wildman–Crippen LogP) is 8.10. The number of carboxylic acid groups (broad SMARTS) is 1. The van der Waals surface area contributed by atoms with Crippen molar-refractivity contribution in [2.45, 2.75) is 130 Å². The van der Waals surface area contributed by atoms with Crippen molar-refractivity contribution in [2.24, 2.45) is 11.8 Å². The average Bonchev–Trinajstić information content (AvgIpc) is 2.85. The zero-order valence-corrected chi connectivity index (χ0v) is 23.2. The number of hydrogen-bond acceptors (Lipinski definition) is 3. The smallest absolute Gasteiger partial charge is 0.306 e. The highest BCUT2D eigenvalue weighted by Crippen LogP contribution is 2.19. The second-order valence-corrected chi connectivity index (χ2v) is 10.8. The third kappa shape index (κ3) is 15.7. The van der Waals surface area contributed by atoms with Crippen molar-refractivity contribution in [2.75, 3.05) is 0 Å². The predicted molar refractivity (Wildman–Crippen MR) is 148 cm³/mol. The van der Waals surface area contributed by atoms with E-state index >= 15 is 0 Å². The molecule has 5 nitrogen and oxygen atoms in total. The minimum absolute atomic E-state index is 0.0166. The molecule has 0 heterocycles.